The first-order valence-corrected chi connectivity index (χ1v) is 14.6. The Balaban J connectivity index is 1.27. The molecule has 4 aromatic carbocycles. The predicted molar refractivity (Wildman–Crippen MR) is 164 cm³/mol. The molecule has 0 fully saturated rings. The van der Waals surface area contributed by atoms with Gasteiger partial charge in [0.2, 0.25) is 0 Å². The second-order valence-corrected chi connectivity index (χ2v) is 10.8. The van der Waals surface area contributed by atoms with Crippen molar-refractivity contribution in [2.24, 2.45) is 0 Å². The van der Waals surface area contributed by atoms with Crippen molar-refractivity contribution in [2.75, 3.05) is 19.7 Å². The minimum atomic E-state index is -0.386. The predicted octanol–water partition coefficient (Wildman–Crippen LogP) is 5.67. The summed E-state index contributed by atoms with van der Waals surface area (Å²) in [6.07, 6.45) is 4.78. The molecule has 4 aliphatic heterocycles. The Bertz CT molecular complexity index is 1830. The van der Waals surface area contributed by atoms with E-state index in [4.69, 9.17) is 9.47 Å². The van der Waals surface area contributed by atoms with Crippen molar-refractivity contribution >= 4 is 11.8 Å². The Kier molecular flexibility index (Phi) is 7.19. The van der Waals surface area contributed by atoms with Crippen molar-refractivity contribution in [1.29, 1.82) is 0 Å². The molecule has 2 N–H and O–H groups in total. The molecule has 5 heterocycles. The highest BCUT2D eigenvalue weighted by atomic mass is 16.5. The van der Waals surface area contributed by atoms with Crippen LogP contribution in [-0.4, -0.2) is 51.3 Å². The fourth-order valence-corrected chi connectivity index (χ4v) is 5.82. The normalized spacial score (nSPS) is 16.2. The van der Waals surface area contributed by atoms with E-state index in [9.17, 15) is 14.7 Å². The monoisotopic (exact) mass is 586 g/mol. The van der Waals surface area contributed by atoms with E-state index in [2.05, 4.69) is 10.4 Å². The Morgan fingerprint density at radius 2 is 1.75 bits per heavy atom. The number of fused-ring (bicyclic) bond motifs is 1. The summed E-state index contributed by atoms with van der Waals surface area (Å²) < 4.78 is 13.8. The molecule has 9 rings (SSSR count). The summed E-state index contributed by atoms with van der Waals surface area (Å²) >= 11 is 0. The molecule has 0 radical (unpaired) electrons. The lowest BCUT2D eigenvalue weighted by Crippen LogP contribution is -2.40. The van der Waals surface area contributed by atoms with Crippen molar-refractivity contribution in [1.82, 2.24) is 20.0 Å². The first-order valence-electron chi connectivity index (χ1n) is 14.6. The molecule has 0 saturated carbocycles. The minimum absolute atomic E-state index is 0.0671. The van der Waals surface area contributed by atoms with Crippen LogP contribution in [0.5, 0.6) is 23.0 Å². The third-order valence-corrected chi connectivity index (χ3v) is 7.99. The highest BCUT2D eigenvalue weighted by Gasteiger charge is 2.33. The standard InChI is InChI=1S/C35H30N4O5/c40-32-13-11-29-22-31(32)34(41)36-15-3-19-43-27-8-6-23(7-9-27)33-30-12-10-28(44-29)21-24(30)14-18-38(33)35(42)25-4-1-5-26(20-25)39-17-2-16-37-39/h1-2,4-13,16-17,20-22,33,40H,3,14-15,18-19H2,(H,36,41). The number of ether oxygens (including phenoxy) is 2. The second kappa shape index (κ2) is 11.6. The minimum Gasteiger partial charge on any atom is -0.507 e. The van der Waals surface area contributed by atoms with Gasteiger partial charge in [-0.25, -0.2) is 4.68 Å². The fraction of sp³-hybridized carbons (Fsp3) is 0.171. The van der Waals surface area contributed by atoms with E-state index in [1.807, 2.05) is 83.9 Å². The Morgan fingerprint density at radius 1 is 0.932 bits per heavy atom. The molecule has 0 saturated heterocycles. The summed E-state index contributed by atoms with van der Waals surface area (Å²) in [4.78, 5) is 28.8. The molecule has 4 aliphatic rings. The Hall–Kier alpha value is -5.57. The van der Waals surface area contributed by atoms with Crippen LogP contribution in [-0.2, 0) is 6.42 Å². The smallest absolute Gasteiger partial charge is 0.255 e. The van der Waals surface area contributed by atoms with Crippen LogP contribution >= 0.6 is 0 Å². The number of rotatable bonds is 2. The van der Waals surface area contributed by atoms with Gasteiger partial charge < -0.3 is 24.8 Å². The first kappa shape index (κ1) is 27.3. The molecular formula is C35H30N4O5. The Morgan fingerprint density at radius 3 is 2.59 bits per heavy atom. The van der Waals surface area contributed by atoms with Gasteiger partial charge in [-0.2, -0.15) is 5.10 Å². The van der Waals surface area contributed by atoms with E-state index in [1.165, 1.54) is 12.1 Å². The van der Waals surface area contributed by atoms with Crippen LogP contribution in [0.25, 0.3) is 5.69 Å². The van der Waals surface area contributed by atoms with Crippen molar-refractivity contribution in [3.8, 4) is 28.7 Å². The number of nitrogens with one attached hydrogen (secondary N) is 1. The molecule has 9 heteroatoms. The van der Waals surface area contributed by atoms with Gasteiger partial charge in [0.15, 0.2) is 0 Å². The van der Waals surface area contributed by atoms with E-state index in [-0.39, 0.29) is 29.2 Å². The second-order valence-electron chi connectivity index (χ2n) is 10.8. The van der Waals surface area contributed by atoms with E-state index >= 15 is 0 Å². The van der Waals surface area contributed by atoms with Crippen molar-refractivity contribution < 1.29 is 24.2 Å². The SMILES string of the molecule is O=C1NCCCOc2ccc(cc2)C2c3ccc(cc3CCN2C(=O)c2cccc(-n3cccn3)c2)Oc2ccc(O)c1c2. The van der Waals surface area contributed by atoms with Gasteiger partial charge in [-0.05, 0) is 96.3 Å². The molecular weight excluding hydrogens is 556 g/mol. The molecule has 0 spiro atoms. The van der Waals surface area contributed by atoms with E-state index in [0.717, 1.165) is 22.4 Å². The number of phenols is 1. The van der Waals surface area contributed by atoms with E-state index in [0.29, 0.717) is 55.4 Å². The van der Waals surface area contributed by atoms with Gasteiger partial charge in [0.25, 0.3) is 11.8 Å². The summed E-state index contributed by atoms with van der Waals surface area (Å²) in [6, 6.07) is 27.4. The van der Waals surface area contributed by atoms with Crippen LogP contribution < -0.4 is 14.8 Å². The lowest BCUT2D eigenvalue weighted by atomic mass is 9.87. The van der Waals surface area contributed by atoms with Gasteiger partial charge in [-0.3, -0.25) is 9.59 Å². The summed E-state index contributed by atoms with van der Waals surface area (Å²) in [6.45, 7) is 1.29. The molecule has 220 valence electrons. The van der Waals surface area contributed by atoms with Gasteiger partial charge in [0.1, 0.15) is 23.0 Å². The molecule has 5 aromatic rings. The van der Waals surface area contributed by atoms with Gasteiger partial charge in [0.05, 0.1) is 23.9 Å². The number of hydrogen-bond donors (Lipinski definition) is 2. The highest BCUT2D eigenvalue weighted by molar-refractivity contribution is 5.97. The Labute approximate surface area is 254 Å². The number of phenolic OH excluding ortho intramolecular Hbond substituents is 1. The van der Waals surface area contributed by atoms with E-state index < -0.39 is 0 Å². The lowest BCUT2D eigenvalue weighted by Gasteiger charge is -2.38. The summed E-state index contributed by atoms with van der Waals surface area (Å²) in [5.74, 6) is 1.17. The zero-order valence-electron chi connectivity index (χ0n) is 23.8. The van der Waals surface area contributed by atoms with E-state index in [1.54, 1.807) is 16.9 Å². The molecule has 1 unspecified atom stereocenters. The molecule has 0 aliphatic carbocycles. The molecule has 44 heavy (non-hydrogen) atoms. The van der Waals surface area contributed by atoms with Crippen molar-refractivity contribution in [3.05, 3.63) is 131 Å². The van der Waals surface area contributed by atoms with Crippen LogP contribution in [0.4, 0.5) is 0 Å². The maximum Gasteiger partial charge on any atom is 0.255 e. The van der Waals surface area contributed by atoms with Crippen LogP contribution in [0.3, 0.4) is 0 Å². The number of carbonyl (C=O) groups excluding carboxylic acids is 2. The third-order valence-electron chi connectivity index (χ3n) is 7.99. The lowest BCUT2D eigenvalue weighted by molar-refractivity contribution is 0.0694. The summed E-state index contributed by atoms with van der Waals surface area (Å²) in [7, 11) is 0. The molecule has 2 amide bonds. The largest absolute Gasteiger partial charge is 0.507 e. The van der Waals surface area contributed by atoms with Crippen LogP contribution in [0.1, 0.15) is 49.9 Å². The fourth-order valence-electron chi connectivity index (χ4n) is 5.82. The highest BCUT2D eigenvalue weighted by Crippen LogP contribution is 2.39. The summed E-state index contributed by atoms with van der Waals surface area (Å²) in [5.41, 5.74) is 4.59. The molecule has 1 aromatic heterocycles. The quantitative estimate of drug-likeness (QED) is 0.276. The molecule has 9 nitrogen and oxygen atoms in total. The maximum atomic E-state index is 14.1. The van der Waals surface area contributed by atoms with Crippen LogP contribution in [0.2, 0.25) is 0 Å². The molecule has 8 bridgehead atoms. The van der Waals surface area contributed by atoms with Crippen molar-refractivity contribution in [2.45, 2.75) is 18.9 Å². The maximum absolute atomic E-state index is 14.1. The van der Waals surface area contributed by atoms with Crippen molar-refractivity contribution in [3.63, 3.8) is 0 Å². The topological polar surface area (TPSA) is 106 Å². The average Bonchev–Trinajstić information content (AvgIpc) is 3.60. The number of benzene rings is 4. The van der Waals surface area contributed by atoms with Crippen LogP contribution in [0, 0.1) is 0 Å². The number of aromatic nitrogens is 2. The zero-order chi connectivity index (χ0) is 30.0. The van der Waals surface area contributed by atoms with Gasteiger partial charge >= 0.3 is 0 Å². The van der Waals surface area contributed by atoms with Gasteiger partial charge in [-0.15, -0.1) is 0 Å². The number of carbonyl (C=O) groups is 2. The third kappa shape index (κ3) is 5.35. The zero-order valence-corrected chi connectivity index (χ0v) is 23.8. The van der Waals surface area contributed by atoms with Gasteiger partial charge in [0, 0.05) is 31.0 Å². The number of amides is 2. The summed E-state index contributed by atoms with van der Waals surface area (Å²) in [5, 5.41) is 17.5. The van der Waals surface area contributed by atoms with Crippen LogP contribution in [0.15, 0.2) is 103 Å². The average molecular weight is 587 g/mol. The first-order chi connectivity index (χ1) is 21.5. The number of aromatic hydroxyl groups is 1. The van der Waals surface area contributed by atoms with Gasteiger partial charge in [-0.1, -0.05) is 24.3 Å². The molecule has 1 atom stereocenters. The number of nitrogens with zero attached hydrogens (tertiary/aromatic N) is 3. The number of hydrogen-bond acceptors (Lipinski definition) is 6.